The van der Waals surface area contributed by atoms with Crippen LogP contribution >= 0.6 is 0 Å². The fourth-order valence-corrected chi connectivity index (χ4v) is 2.38. The number of rotatable bonds is 1. The van der Waals surface area contributed by atoms with Crippen molar-refractivity contribution in [2.24, 2.45) is 0 Å². The number of aromatic hydroxyl groups is 1. The van der Waals surface area contributed by atoms with E-state index in [-0.39, 0.29) is 41.6 Å². The average molecular weight is 330 g/mol. The Morgan fingerprint density at radius 2 is 1.40 bits per heavy atom. The number of phenols is 1. The molecule has 0 heterocycles. The number of hydrogen-bond acceptors (Lipinski definition) is 2. The molecular weight excluding hydrogens is 306 g/mol. The first-order valence-corrected chi connectivity index (χ1v) is 6.48. The van der Waals surface area contributed by atoms with Crippen LogP contribution in [0.15, 0.2) is 6.07 Å². The van der Waals surface area contributed by atoms with Gasteiger partial charge in [-0.05, 0) is 28.9 Å². The number of carboxylic acids is 1. The van der Waals surface area contributed by atoms with Gasteiger partial charge in [-0.2, -0.15) is 0 Å². The molecule has 3 nitrogen and oxygen atoms in total. The first-order chi connectivity index (χ1) is 8.37. The molecule has 0 aliphatic rings. The molecule has 0 spiro atoms. The smallest absolute Gasteiger partial charge is 0.339 e. The van der Waals surface area contributed by atoms with Crippen LogP contribution in [0, 0.1) is 6.92 Å². The molecule has 1 aromatic rings. The molecule has 20 heavy (non-hydrogen) atoms. The second-order valence-corrected chi connectivity index (χ2v) is 7.13. The molecule has 0 radical (unpaired) electrons. The summed E-state index contributed by atoms with van der Waals surface area (Å²) in [6.45, 7) is 13.8. The Morgan fingerprint density at radius 3 is 1.70 bits per heavy atom. The molecule has 1 aromatic carbocycles. The Labute approximate surface area is 134 Å². The number of carboxylic acid groups (broad SMARTS) is 1. The van der Waals surface area contributed by atoms with Crippen molar-refractivity contribution in [3.63, 3.8) is 0 Å². The van der Waals surface area contributed by atoms with Crippen molar-refractivity contribution in [3.05, 3.63) is 28.3 Å². The predicted octanol–water partition coefficient (Wildman–Crippen LogP) is 3.99. The Bertz CT molecular complexity index is 482. The topological polar surface area (TPSA) is 57.5 Å². The van der Waals surface area contributed by atoms with Crippen LogP contribution in [0.4, 0.5) is 0 Å². The van der Waals surface area contributed by atoms with Crippen LogP contribution in [0.2, 0.25) is 0 Å². The van der Waals surface area contributed by atoms with E-state index in [2.05, 4.69) is 0 Å². The van der Waals surface area contributed by atoms with Crippen molar-refractivity contribution < 1.29 is 34.5 Å². The van der Waals surface area contributed by atoms with Gasteiger partial charge in [0.15, 0.2) is 0 Å². The summed E-state index contributed by atoms with van der Waals surface area (Å²) in [5.41, 5.74) is 1.85. The van der Waals surface area contributed by atoms with E-state index < -0.39 is 5.97 Å². The fourth-order valence-electron chi connectivity index (χ4n) is 2.38. The molecule has 0 aliphatic heterocycles. The van der Waals surface area contributed by atoms with E-state index in [1.54, 1.807) is 6.92 Å². The number of hydrogen-bond donors (Lipinski definition) is 2. The molecular formula is C16H24O3Zn. The van der Waals surface area contributed by atoms with Crippen LogP contribution in [-0.2, 0) is 30.3 Å². The van der Waals surface area contributed by atoms with Gasteiger partial charge in [0.05, 0.1) is 0 Å². The predicted molar refractivity (Wildman–Crippen MR) is 77.2 cm³/mol. The van der Waals surface area contributed by atoms with Gasteiger partial charge in [-0.25, -0.2) is 4.79 Å². The van der Waals surface area contributed by atoms with Gasteiger partial charge in [-0.3, -0.25) is 0 Å². The van der Waals surface area contributed by atoms with Crippen molar-refractivity contribution in [2.45, 2.75) is 59.3 Å². The summed E-state index contributed by atoms with van der Waals surface area (Å²) < 4.78 is 0. The minimum Gasteiger partial charge on any atom is -0.507 e. The standard InChI is InChI=1S/C16H24O3.Zn/c1-9-10(15(2,3)4)8-11(16(5,6)7)13(17)12(9)14(18)19;/h8,17H,1-7H3,(H,18,19);. The van der Waals surface area contributed by atoms with Crippen LogP contribution in [0.5, 0.6) is 5.75 Å². The van der Waals surface area contributed by atoms with E-state index in [0.717, 1.165) is 5.56 Å². The van der Waals surface area contributed by atoms with Crippen molar-refractivity contribution in [1.82, 2.24) is 0 Å². The van der Waals surface area contributed by atoms with E-state index in [4.69, 9.17) is 0 Å². The van der Waals surface area contributed by atoms with Crippen molar-refractivity contribution in [3.8, 4) is 5.75 Å². The van der Waals surface area contributed by atoms with Crippen molar-refractivity contribution >= 4 is 5.97 Å². The van der Waals surface area contributed by atoms with Gasteiger partial charge >= 0.3 is 5.97 Å². The molecule has 0 bridgehead atoms. The molecule has 0 atom stereocenters. The van der Waals surface area contributed by atoms with Crippen molar-refractivity contribution in [1.29, 1.82) is 0 Å². The Kier molecular flexibility index (Phi) is 5.59. The SMILES string of the molecule is Cc1c(C(C)(C)C)cc(C(C)(C)C)c(O)c1C(=O)O.[Zn]. The van der Waals surface area contributed by atoms with Gasteiger partial charge < -0.3 is 10.2 Å². The van der Waals surface area contributed by atoms with Crippen LogP contribution in [0.3, 0.4) is 0 Å². The number of benzene rings is 1. The quantitative estimate of drug-likeness (QED) is 0.766. The zero-order chi connectivity index (χ0) is 15.2. The molecule has 0 saturated heterocycles. The Hall–Kier alpha value is -0.887. The third-order valence-electron chi connectivity index (χ3n) is 3.39. The van der Waals surface area contributed by atoms with Crippen LogP contribution in [0.1, 0.15) is 68.6 Å². The van der Waals surface area contributed by atoms with E-state index >= 15 is 0 Å². The maximum absolute atomic E-state index is 11.4. The minimum absolute atomic E-state index is 0. The van der Waals surface area contributed by atoms with E-state index in [0.29, 0.717) is 11.1 Å². The normalized spacial score (nSPS) is 11.9. The molecule has 0 saturated carbocycles. The van der Waals surface area contributed by atoms with Gasteiger partial charge in [0, 0.05) is 25.0 Å². The molecule has 0 unspecified atom stereocenters. The molecule has 0 fully saturated rings. The molecule has 2 N–H and O–H groups in total. The summed E-state index contributed by atoms with van der Waals surface area (Å²) in [4.78, 5) is 11.4. The first-order valence-electron chi connectivity index (χ1n) is 6.48. The van der Waals surface area contributed by atoms with Crippen LogP contribution in [-0.4, -0.2) is 16.2 Å². The van der Waals surface area contributed by atoms with Gasteiger partial charge in [-0.1, -0.05) is 47.6 Å². The second kappa shape index (κ2) is 5.85. The van der Waals surface area contributed by atoms with E-state index in [1.807, 2.05) is 47.6 Å². The number of aromatic carboxylic acids is 1. The summed E-state index contributed by atoms with van der Waals surface area (Å²) in [5, 5.41) is 19.7. The molecule has 1 rings (SSSR count). The van der Waals surface area contributed by atoms with E-state index in [1.165, 1.54) is 0 Å². The van der Waals surface area contributed by atoms with Gasteiger partial charge in [0.25, 0.3) is 0 Å². The summed E-state index contributed by atoms with van der Waals surface area (Å²) >= 11 is 0. The monoisotopic (exact) mass is 328 g/mol. The van der Waals surface area contributed by atoms with Gasteiger partial charge in [0.1, 0.15) is 11.3 Å². The summed E-state index contributed by atoms with van der Waals surface area (Å²) in [6, 6.07) is 1.94. The molecule has 108 valence electrons. The summed E-state index contributed by atoms with van der Waals surface area (Å²) in [5.74, 6) is -1.18. The second-order valence-electron chi connectivity index (χ2n) is 7.13. The average Bonchev–Trinajstić information content (AvgIpc) is 2.12. The number of carbonyl (C=O) groups is 1. The van der Waals surface area contributed by atoms with Crippen molar-refractivity contribution in [2.75, 3.05) is 0 Å². The molecule has 0 amide bonds. The Balaban J connectivity index is 0.00000361. The first kappa shape index (κ1) is 19.1. The van der Waals surface area contributed by atoms with E-state index in [9.17, 15) is 15.0 Å². The largest absolute Gasteiger partial charge is 0.507 e. The third-order valence-corrected chi connectivity index (χ3v) is 3.39. The zero-order valence-electron chi connectivity index (χ0n) is 13.6. The van der Waals surface area contributed by atoms with Crippen LogP contribution < -0.4 is 0 Å². The Morgan fingerprint density at radius 1 is 1.00 bits per heavy atom. The minimum atomic E-state index is -1.08. The van der Waals surface area contributed by atoms with Crippen LogP contribution in [0.25, 0.3) is 0 Å². The van der Waals surface area contributed by atoms with Gasteiger partial charge in [-0.15, -0.1) is 0 Å². The maximum atomic E-state index is 11.4. The maximum Gasteiger partial charge on any atom is 0.339 e. The third kappa shape index (κ3) is 3.60. The molecule has 0 aromatic heterocycles. The zero-order valence-corrected chi connectivity index (χ0v) is 16.6. The summed E-state index contributed by atoms with van der Waals surface area (Å²) in [6.07, 6.45) is 0. The fraction of sp³-hybridized carbons (Fsp3) is 0.562. The van der Waals surface area contributed by atoms with Gasteiger partial charge in [0.2, 0.25) is 0 Å². The molecule has 4 heteroatoms. The molecule has 0 aliphatic carbocycles. The summed E-state index contributed by atoms with van der Waals surface area (Å²) in [7, 11) is 0.